The maximum atomic E-state index is 12.4. The van der Waals surface area contributed by atoms with Crippen LogP contribution in [-0.2, 0) is 17.8 Å². The van der Waals surface area contributed by atoms with Crippen molar-refractivity contribution in [2.45, 2.75) is 19.9 Å². The van der Waals surface area contributed by atoms with E-state index in [1.165, 1.54) is 0 Å². The Morgan fingerprint density at radius 2 is 1.71 bits per heavy atom. The van der Waals surface area contributed by atoms with Gasteiger partial charge in [0.25, 0.3) is 11.5 Å². The molecule has 38 heavy (non-hydrogen) atoms. The Kier molecular flexibility index (Phi) is 6.27. The third kappa shape index (κ3) is 4.71. The van der Waals surface area contributed by atoms with Crippen molar-refractivity contribution in [1.29, 1.82) is 0 Å². The van der Waals surface area contributed by atoms with Crippen molar-refractivity contribution in [2.24, 2.45) is 0 Å². The van der Waals surface area contributed by atoms with E-state index in [4.69, 9.17) is 21.7 Å². The minimum atomic E-state index is -0.0727. The van der Waals surface area contributed by atoms with Gasteiger partial charge >= 0.3 is 0 Å². The molecule has 6 rings (SSSR count). The minimum absolute atomic E-state index is 0.0727. The number of halogens is 1. The first-order chi connectivity index (χ1) is 18.5. The minimum Gasteiger partial charge on any atom is -0.352 e. The molecular weight excluding hydrogens is 496 g/mol. The highest BCUT2D eigenvalue weighted by Gasteiger charge is 2.22. The zero-order chi connectivity index (χ0) is 26.1. The molecule has 1 amide bonds. The highest BCUT2D eigenvalue weighted by atomic mass is 35.5. The van der Waals surface area contributed by atoms with Gasteiger partial charge in [0.15, 0.2) is 0 Å². The lowest BCUT2D eigenvalue weighted by molar-refractivity contribution is -0.519. The molecule has 0 spiro atoms. The van der Waals surface area contributed by atoms with Crippen molar-refractivity contribution in [1.82, 2.24) is 25.1 Å². The third-order valence-corrected chi connectivity index (χ3v) is 6.72. The number of hydrogen-bond acceptors (Lipinski definition) is 4. The molecule has 0 bridgehead atoms. The molecule has 0 aliphatic heterocycles. The van der Waals surface area contributed by atoms with E-state index < -0.39 is 0 Å². The van der Waals surface area contributed by atoms with Gasteiger partial charge in [0.05, 0.1) is 23.5 Å². The van der Waals surface area contributed by atoms with E-state index in [1.807, 2.05) is 72.5 Å². The van der Waals surface area contributed by atoms with Gasteiger partial charge in [-0.25, -0.2) is 9.38 Å². The SMILES string of the molecule is Cc1nn(-c2ccc(CNC(=O)Cc3ccc(Cl)nc3)cc2)c2c3cc(-c4ccccc4)cnc3cc[n+]12. The van der Waals surface area contributed by atoms with Gasteiger partial charge in [0.2, 0.25) is 5.91 Å². The Balaban J connectivity index is 1.28. The van der Waals surface area contributed by atoms with Gasteiger partial charge in [-0.05, 0) is 47.0 Å². The molecule has 2 aromatic carbocycles. The van der Waals surface area contributed by atoms with Crippen LogP contribution in [0.3, 0.4) is 0 Å². The fourth-order valence-corrected chi connectivity index (χ4v) is 4.65. The van der Waals surface area contributed by atoms with E-state index in [9.17, 15) is 4.79 Å². The molecule has 0 radical (unpaired) electrons. The smallest absolute Gasteiger partial charge is 0.280 e. The van der Waals surface area contributed by atoms with Crippen molar-refractivity contribution < 1.29 is 9.20 Å². The molecule has 0 aliphatic rings. The molecule has 8 heteroatoms. The maximum absolute atomic E-state index is 12.4. The molecule has 0 unspecified atom stereocenters. The second-order valence-electron chi connectivity index (χ2n) is 9.10. The summed E-state index contributed by atoms with van der Waals surface area (Å²) in [4.78, 5) is 21.1. The topological polar surface area (TPSA) is 76.8 Å². The second kappa shape index (κ2) is 10.0. The van der Waals surface area contributed by atoms with Crippen LogP contribution in [0, 0.1) is 6.92 Å². The van der Waals surface area contributed by atoms with Gasteiger partial charge in [-0.2, -0.15) is 0 Å². The number of carbonyl (C=O) groups excluding carboxylic acids is 1. The zero-order valence-corrected chi connectivity index (χ0v) is 21.4. The van der Waals surface area contributed by atoms with Crippen LogP contribution in [0.15, 0.2) is 97.5 Å². The second-order valence-corrected chi connectivity index (χ2v) is 9.49. The summed E-state index contributed by atoms with van der Waals surface area (Å²) in [6, 6.07) is 26.0. The quantitative estimate of drug-likeness (QED) is 0.247. The Morgan fingerprint density at radius 3 is 2.47 bits per heavy atom. The van der Waals surface area contributed by atoms with Crippen molar-refractivity contribution in [2.75, 3.05) is 0 Å². The molecular formula is C30H24ClN6O+. The molecule has 4 heterocycles. The number of hydrogen-bond donors (Lipinski definition) is 1. The predicted octanol–water partition coefficient (Wildman–Crippen LogP) is 5.04. The summed E-state index contributed by atoms with van der Waals surface area (Å²) in [7, 11) is 0. The molecule has 186 valence electrons. The monoisotopic (exact) mass is 519 g/mol. The zero-order valence-electron chi connectivity index (χ0n) is 20.7. The lowest BCUT2D eigenvalue weighted by Gasteiger charge is -2.06. The summed E-state index contributed by atoms with van der Waals surface area (Å²) in [5.74, 6) is 0.802. The van der Waals surface area contributed by atoms with Gasteiger partial charge in [0, 0.05) is 36.5 Å². The highest BCUT2D eigenvalue weighted by Crippen LogP contribution is 2.25. The summed E-state index contributed by atoms with van der Waals surface area (Å²) < 4.78 is 4.03. The fourth-order valence-electron chi connectivity index (χ4n) is 4.53. The van der Waals surface area contributed by atoms with E-state index in [0.29, 0.717) is 11.7 Å². The largest absolute Gasteiger partial charge is 0.352 e. The standard InChI is InChI=1S/C30H23ClN6O/c1-20-35-37(25-10-7-21(8-11-25)17-34-29(38)15-22-9-12-28(31)33-18-22)30-26-16-24(23-5-3-2-4-6-23)19-32-27(26)13-14-36(20)30/h2-14,16,18-19H,15,17H2,1H3/p+1. The number of nitrogens with one attached hydrogen (secondary N) is 1. The van der Waals surface area contributed by atoms with Gasteiger partial charge in [-0.1, -0.05) is 64.8 Å². The normalized spacial score (nSPS) is 11.2. The summed E-state index contributed by atoms with van der Waals surface area (Å²) >= 11 is 5.82. The van der Waals surface area contributed by atoms with Crippen LogP contribution in [0.2, 0.25) is 5.15 Å². The summed E-state index contributed by atoms with van der Waals surface area (Å²) in [6.45, 7) is 2.42. The highest BCUT2D eigenvalue weighted by molar-refractivity contribution is 6.29. The number of amides is 1. The van der Waals surface area contributed by atoms with Gasteiger partial charge in [0.1, 0.15) is 10.8 Å². The first kappa shape index (κ1) is 23.8. The number of nitrogens with zero attached hydrogens (tertiary/aromatic N) is 5. The summed E-state index contributed by atoms with van der Waals surface area (Å²) in [5, 5.41) is 9.23. The Morgan fingerprint density at radius 1 is 0.921 bits per heavy atom. The van der Waals surface area contributed by atoms with Gasteiger partial charge < -0.3 is 5.32 Å². The molecule has 4 aromatic heterocycles. The van der Waals surface area contributed by atoms with Crippen molar-refractivity contribution in [3.05, 3.63) is 120 Å². The average molecular weight is 520 g/mol. The first-order valence-electron chi connectivity index (χ1n) is 12.3. The number of rotatable bonds is 6. The van der Waals surface area contributed by atoms with Crippen molar-refractivity contribution in [3.63, 3.8) is 0 Å². The first-order valence-corrected chi connectivity index (χ1v) is 12.6. The number of fused-ring (bicyclic) bond motifs is 3. The van der Waals surface area contributed by atoms with Crippen LogP contribution in [0.25, 0.3) is 33.4 Å². The van der Waals surface area contributed by atoms with Crippen LogP contribution in [0.1, 0.15) is 17.0 Å². The fraction of sp³-hybridized carbons (Fsp3) is 0.100. The van der Waals surface area contributed by atoms with Crippen LogP contribution in [0.5, 0.6) is 0 Å². The Labute approximate surface area is 224 Å². The predicted molar refractivity (Wildman–Crippen MR) is 147 cm³/mol. The van der Waals surface area contributed by atoms with E-state index >= 15 is 0 Å². The lowest BCUT2D eigenvalue weighted by Crippen LogP contribution is -2.24. The summed E-state index contributed by atoms with van der Waals surface area (Å²) in [5.41, 5.74) is 6.76. The van der Waals surface area contributed by atoms with E-state index in [2.05, 4.69) is 32.9 Å². The molecule has 0 atom stereocenters. The van der Waals surface area contributed by atoms with E-state index in [-0.39, 0.29) is 12.3 Å². The van der Waals surface area contributed by atoms with E-state index in [1.54, 1.807) is 18.3 Å². The molecule has 6 aromatic rings. The molecule has 0 saturated heterocycles. The average Bonchev–Trinajstić information content (AvgIpc) is 3.30. The molecule has 0 fully saturated rings. The van der Waals surface area contributed by atoms with Crippen molar-refractivity contribution in [3.8, 4) is 16.8 Å². The number of pyridine rings is 3. The van der Waals surface area contributed by atoms with Crippen molar-refractivity contribution >= 4 is 34.1 Å². The number of aromatic nitrogens is 5. The maximum Gasteiger partial charge on any atom is 0.280 e. The lowest BCUT2D eigenvalue weighted by atomic mass is 10.1. The third-order valence-electron chi connectivity index (χ3n) is 6.49. The molecule has 1 N–H and O–H groups in total. The Bertz CT molecular complexity index is 1760. The summed E-state index contributed by atoms with van der Waals surface area (Å²) in [6.07, 6.45) is 5.79. The number of aryl methyl sites for hydroxylation is 1. The van der Waals surface area contributed by atoms with E-state index in [0.717, 1.165) is 50.3 Å². The Hall–Kier alpha value is -4.62. The molecule has 7 nitrogen and oxygen atoms in total. The van der Waals surface area contributed by atoms with Gasteiger partial charge in [-0.15, -0.1) is 0 Å². The number of benzene rings is 2. The molecule has 0 aliphatic carbocycles. The van der Waals surface area contributed by atoms with Crippen LogP contribution >= 0.6 is 11.6 Å². The van der Waals surface area contributed by atoms with Crippen LogP contribution < -0.4 is 9.72 Å². The van der Waals surface area contributed by atoms with Gasteiger partial charge in [-0.3, -0.25) is 9.78 Å². The number of carbonyl (C=O) groups is 1. The van der Waals surface area contributed by atoms with Crippen LogP contribution in [-0.4, -0.2) is 25.7 Å². The van der Waals surface area contributed by atoms with Crippen LogP contribution in [0.4, 0.5) is 0 Å². The molecule has 0 saturated carbocycles.